The van der Waals surface area contributed by atoms with Gasteiger partial charge in [-0.05, 0) is 51.2 Å². The van der Waals surface area contributed by atoms with E-state index in [-0.39, 0.29) is 0 Å². The average molecular weight is 212 g/mol. The van der Waals surface area contributed by atoms with E-state index in [2.05, 4.69) is 10.2 Å². The molecule has 1 atom stereocenters. The fraction of sp³-hybridized carbons (Fsp3) is 1.00. The summed E-state index contributed by atoms with van der Waals surface area (Å²) in [5.41, 5.74) is 0. The van der Waals surface area contributed by atoms with Crippen LogP contribution in [0.2, 0.25) is 0 Å². The molecule has 0 radical (unpaired) electrons. The van der Waals surface area contributed by atoms with Crippen LogP contribution >= 0.6 is 0 Å². The number of hydrogen-bond donors (Lipinski definition) is 1. The molecule has 2 heterocycles. The lowest BCUT2D eigenvalue weighted by molar-refractivity contribution is 0.111. The zero-order valence-electron chi connectivity index (χ0n) is 9.87. The topological polar surface area (TPSA) is 24.5 Å². The number of rotatable bonds is 4. The first kappa shape index (κ1) is 11.4. The minimum absolute atomic E-state index is 0.849. The molecule has 0 bridgehead atoms. The van der Waals surface area contributed by atoms with Gasteiger partial charge in [-0.3, -0.25) is 4.90 Å². The molecule has 0 aromatic carbocycles. The molecule has 15 heavy (non-hydrogen) atoms. The van der Waals surface area contributed by atoms with Crippen molar-refractivity contribution < 1.29 is 4.74 Å². The smallest absolute Gasteiger partial charge is 0.0589 e. The van der Waals surface area contributed by atoms with E-state index in [1.807, 2.05) is 0 Å². The van der Waals surface area contributed by atoms with Gasteiger partial charge in [-0.15, -0.1) is 0 Å². The summed E-state index contributed by atoms with van der Waals surface area (Å²) < 4.78 is 5.19. The number of nitrogens with zero attached hydrogens (tertiary/aromatic N) is 1. The maximum Gasteiger partial charge on any atom is 0.0589 e. The molecule has 0 spiro atoms. The van der Waals surface area contributed by atoms with E-state index < -0.39 is 0 Å². The Morgan fingerprint density at radius 3 is 2.80 bits per heavy atom. The van der Waals surface area contributed by atoms with Gasteiger partial charge in [0.2, 0.25) is 0 Å². The quantitative estimate of drug-likeness (QED) is 0.755. The fourth-order valence-corrected chi connectivity index (χ4v) is 3.10. The van der Waals surface area contributed by atoms with Crippen LogP contribution in [0.3, 0.4) is 0 Å². The molecule has 2 aliphatic heterocycles. The first-order chi connectivity index (χ1) is 7.42. The summed E-state index contributed by atoms with van der Waals surface area (Å²) in [6.45, 7) is 5.75. The Balaban J connectivity index is 1.82. The van der Waals surface area contributed by atoms with Gasteiger partial charge in [0.25, 0.3) is 0 Å². The third kappa shape index (κ3) is 2.92. The molecule has 2 aliphatic rings. The summed E-state index contributed by atoms with van der Waals surface area (Å²) >= 11 is 0. The number of piperidine rings is 1. The first-order valence-electron chi connectivity index (χ1n) is 6.35. The number of hydrogen-bond acceptors (Lipinski definition) is 3. The van der Waals surface area contributed by atoms with Gasteiger partial charge < -0.3 is 10.1 Å². The summed E-state index contributed by atoms with van der Waals surface area (Å²) in [4.78, 5) is 2.65. The number of nitrogens with one attached hydrogen (secondary N) is 1. The molecule has 0 amide bonds. The molecule has 1 unspecified atom stereocenters. The van der Waals surface area contributed by atoms with Gasteiger partial charge in [-0.25, -0.2) is 0 Å². The Hall–Kier alpha value is -0.120. The van der Waals surface area contributed by atoms with Crippen LogP contribution in [0.15, 0.2) is 0 Å². The SMILES string of the molecule is COCCN1CCCC1C1CCNCC1. The minimum atomic E-state index is 0.849. The summed E-state index contributed by atoms with van der Waals surface area (Å²) in [5, 5.41) is 3.45. The molecular weight excluding hydrogens is 188 g/mol. The molecule has 88 valence electrons. The lowest BCUT2D eigenvalue weighted by Gasteiger charge is -2.34. The molecule has 0 saturated carbocycles. The average Bonchev–Trinajstić information content (AvgIpc) is 2.75. The molecule has 3 nitrogen and oxygen atoms in total. The molecule has 2 saturated heterocycles. The van der Waals surface area contributed by atoms with Crippen LogP contribution in [-0.4, -0.2) is 50.8 Å². The number of methoxy groups -OCH3 is 1. The van der Waals surface area contributed by atoms with E-state index in [1.165, 1.54) is 45.3 Å². The van der Waals surface area contributed by atoms with Crippen LogP contribution < -0.4 is 5.32 Å². The third-order valence-corrected chi connectivity index (χ3v) is 3.92. The summed E-state index contributed by atoms with van der Waals surface area (Å²) in [5.74, 6) is 0.936. The summed E-state index contributed by atoms with van der Waals surface area (Å²) in [6, 6.07) is 0.849. The molecular formula is C12H24N2O. The second kappa shape index (κ2) is 5.83. The maximum atomic E-state index is 5.19. The van der Waals surface area contributed by atoms with Crippen molar-refractivity contribution in [3.8, 4) is 0 Å². The standard InChI is InChI=1S/C12H24N2O/c1-15-10-9-14-8-2-3-12(14)11-4-6-13-7-5-11/h11-13H,2-10H2,1H3. The molecule has 0 aromatic rings. The van der Waals surface area contributed by atoms with Crippen molar-refractivity contribution in [3.05, 3.63) is 0 Å². The van der Waals surface area contributed by atoms with Crippen molar-refractivity contribution in [2.45, 2.75) is 31.7 Å². The van der Waals surface area contributed by atoms with Crippen molar-refractivity contribution in [1.82, 2.24) is 10.2 Å². The van der Waals surface area contributed by atoms with Crippen LogP contribution in [0.4, 0.5) is 0 Å². The highest BCUT2D eigenvalue weighted by atomic mass is 16.5. The summed E-state index contributed by atoms with van der Waals surface area (Å²) in [7, 11) is 1.80. The van der Waals surface area contributed by atoms with Crippen molar-refractivity contribution >= 4 is 0 Å². The van der Waals surface area contributed by atoms with Crippen LogP contribution in [-0.2, 0) is 4.74 Å². The Morgan fingerprint density at radius 2 is 2.07 bits per heavy atom. The van der Waals surface area contributed by atoms with E-state index in [0.29, 0.717) is 0 Å². The van der Waals surface area contributed by atoms with Gasteiger partial charge in [0, 0.05) is 19.7 Å². The van der Waals surface area contributed by atoms with Gasteiger partial charge >= 0.3 is 0 Å². The molecule has 0 aliphatic carbocycles. The zero-order chi connectivity index (χ0) is 10.5. The summed E-state index contributed by atoms with van der Waals surface area (Å²) in [6.07, 6.45) is 5.54. The van der Waals surface area contributed by atoms with E-state index in [1.54, 1.807) is 7.11 Å². The van der Waals surface area contributed by atoms with Crippen LogP contribution in [0.5, 0.6) is 0 Å². The van der Waals surface area contributed by atoms with Gasteiger partial charge in [0.05, 0.1) is 6.61 Å². The Kier molecular flexibility index (Phi) is 4.42. The molecule has 3 heteroatoms. The number of ether oxygens (including phenoxy) is 1. The molecule has 2 rings (SSSR count). The van der Waals surface area contributed by atoms with Gasteiger partial charge in [-0.2, -0.15) is 0 Å². The molecule has 2 fully saturated rings. The van der Waals surface area contributed by atoms with Crippen molar-refractivity contribution in [2.75, 3.05) is 39.9 Å². The maximum absolute atomic E-state index is 5.19. The van der Waals surface area contributed by atoms with Gasteiger partial charge in [-0.1, -0.05) is 0 Å². The molecule has 1 N–H and O–H groups in total. The second-order valence-electron chi connectivity index (χ2n) is 4.83. The predicted octanol–water partition coefficient (Wildman–Crippen LogP) is 1.10. The van der Waals surface area contributed by atoms with Gasteiger partial charge in [0.15, 0.2) is 0 Å². The third-order valence-electron chi connectivity index (χ3n) is 3.92. The van der Waals surface area contributed by atoms with E-state index in [9.17, 15) is 0 Å². The van der Waals surface area contributed by atoms with Crippen molar-refractivity contribution in [2.24, 2.45) is 5.92 Å². The zero-order valence-corrected chi connectivity index (χ0v) is 9.87. The van der Waals surface area contributed by atoms with Crippen molar-refractivity contribution in [3.63, 3.8) is 0 Å². The minimum Gasteiger partial charge on any atom is -0.383 e. The van der Waals surface area contributed by atoms with Crippen LogP contribution in [0.25, 0.3) is 0 Å². The highest BCUT2D eigenvalue weighted by Gasteiger charge is 2.31. The van der Waals surface area contributed by atoms with Crippen LogP contribution in [0, 0.1) is 5.92 Å². The van der Waals surface area contributed by atoms with Crippen LogP contribution in [0.1, 0.15) is 25.7 Å². The Labute approximate surface area is 93.2 Å². The highest BCUT2D eigenvalue weighted by Crippen LogP contribution is 2.28. The Morgan fingerprint density at radius 1 is 1.27 bits per heavy atom. The lowest BCUT2D eigenvalue weighted by atomic mass is 9.89. The van der Waals surface area contributed by atoms with E-state index >= 15 is 0 Å². The monoisotopic (exact) mass is 212 g/mol. The lowest BCUT2D eigenvalue weighted by Crippen LogP contribution is -2.42. The van der Waals surface area contributed by atoms with Crippen molar-refractivity contribution in [1.29, 1.82) is 0 Å². The largest absolute Gasteiger partial charge is 0.383 e. The fourth-order valence-electron chi connectivity index (χ4n) is 3.10. The number of likely N-dealkylation sites (tertiary alicyclic amines) is 1. The van der Waals surface area contributed by atoms with Gasteiger partial charge in [0.1, 0.15) is 0 Å². The normalized spacial score (nSPS) is 29.8. The highest BCUT2D eigenvalue weighted by molar-refractivity contribution is 4.87. The van der Waals surface area contributed by atoms with E-state index in [0.717, 1.165) is 25.1 Å². The first-order valence-corrected chi connectivity index (χ1v) is 6.35. The Bertz CT molecular complexity index is 180. The second-order valence-corrected chi connectivity index (χ2v) is 4.83. The predicted molar refractivity (Wildman–Crippen MR) is 62.1 cm³/mol. The van der Waals surface area contributed by atoms with E-state index in [4.69, 9.17) is 4.74 Å². The molecule has 0 aromatic heterocycles.